The molecule has 0 aliphatic carbocycles. The van der Waals surface area contributed by atoms with Gasteiger partial charge in [0.05, 0.1) is 5.69 Å². The van der Waals surface area contributed by atoms with E-state index in [1.807, 2.05) is 24.0 Å². The van der Waals surface area contributed by atoms with E-state index in [0.717, 1.165) is 12.1 Å². The topological polar surface area (TPSA) is 43.8 Å². The minimum Gasteiger partial charge on any atom is -0.324 e. The standard InChI is InChI=1S/C14H19N3/c1-10-5-4-6-13(11(10)2)14(15)9-12-7-8-17(3)16-12/h4-8,14H,9,15H2,1-3H3. The zero-order valence-corrected chi connectivity index (χ0v) is 10.6. The van der Waals surface area contributed by atoms with Crippen molar-refractivity contribution >= 4 is 0 Å². The normalized spacial score (nSPS) is 12.7. The Bertz CT molecular complexity index is 514. The summed E-state index contributed by atoms with van der Waals surface area (Å²) in [6.45, 7) is 4.25. The van der Waals surface area contributed by atoms with Gasteiger partial charge in [-0.1, -0.05) is 18.2 Å². The van der Waals surface area contributed by atoms with Gasteiger partial charge in [-0.05, 0) is 36.6 Å². The molecule has 2 aromatic rings. The molecule has 0 saturated heterocycles. The number of nitrogens with two attached hydrogens (primary N) is 1. The van der Waals surface area contributed by atoms with Gasteiger partial charge < -0.3 is 5.73 Å². The molecule has 1 atom stereocenters. The number of hydrogen-bond donors (Lipinski definition) is 1. The van der Waals surface area contributed by atoms with Crippen LogP contribution in [0, 0.1) is 13.8 Å². The van der Waals surface area contributed by atoms with Crippen LogP contribution < -0.4 is 5.73 Å². The number of aryl methyl sites for hydroxylation is 2. The second-order valence-electron chi connectivity index (χ2n) is 4.58. The van der Waals surface area contributed by atoms with Crippen molar-refractivity contribution in [2.45, 2.75) is 26.3 Å². The highest BCUT2D eigenvalue weighted by atomic mass is 15.2. The van der Waals surface area contributed by atoms with Crippen LogP contribution in [0.3, 0.4) is 0 Å². The Balaban J connectivity index is 2.20. The number of rotatable bonds is 3. The molecular weight excluding hydrogens is 210 g/mol. The Kier molecular flexibility index (Phi) is 3.29. The predicted molar refractivity (Wildman–Crippen MR) is 69.8 cm³/mol. The van der Waals surface area contributed by atoms with Crippen molar-refractivity contribution in [3.63, 3.8) is 0 Å². The molecule has 90 valence electrons. The molecule has 2 rings (SSSR count). The molecule has 3 nitrogen and oxygen atoms in total. The lowest BCUT2D eigenvalue weighted by Crippen LogP contribution is -2.15. The lowest BCUT2D eigenvalue weighted by molar-refractivity contribution is 0.672. The molecule has 0 amide bonds. The first-order valence-electron chi connectivity index (χ1n) is 5.88. The van der Waals surface area contributed by atoms with Gasteiger partial charge in [0.15, 0.2) is 0 Å². The van der Waals surface area contributed by atoms with E-state index in [4.69, 9.17) is 5.73 Å². The summed E-state index contributed by atoms with van der Waals surface area (Å²) >= 11 is 0. The second kappa shape index (κ2) is 4.72. The first-order chi connectivity index (χ1) is 8.08. The second-order valence-corrected chi connectivity index (χ2v) is 4.58. The van der Waals surface area contributed by atoms with E-state index in [0.29, 0.717) is 0 Å². The van der Waals surface area contributed by atoms with Gasteiger partial charge in [0.2, 0.25) is 0 Å². The van der Waals surface area contributed by atoms with Crippen LogP contribution in [0.15, 0.2) is 30.5 Å². The molecule has 0 fully saturated rings. The van der Waals surface area contributed by atoms with E-state index >= 15 is 0 Å². The fourth-order valence-corrected chi connectivity index (χ4v) is 2.08. The van der Waals surface area contributed by atoms with Crippen molar-refractivity contribution in [2.75, 3.05) is 0 Å². The summed E-state index contributed by atoms with van der Waals surface area (Å²) in [6, 6.07) is 8.33. The fourth-order valence-electron chi connectivity index (χ4n) is 2.08. The molecule has 1 aromatic heterocycles. The van der Waals surface area contributed by atoms with Crippen molar-refractivity contribution in [3.05, 3.63) is 52.8 Å². The van der Waals surface area contributed by atoms with Gasteiger partial charge in [0.1, 0.15) is 0 Å². The van der Waals surface area contributed by atoms with E-state index in [-0.39, 0.29) is 6.04 Å². The Labute approximate surface area is 102 Å². The average Bonchev–Trinajstić information content (AvgIpc) is 2.68. The van der Waals surface area contributed by atoms with Crippen LogP contribution >= 0.6 is 0 Å². The first-order valence-corrected chi connectivity index (χ1v) is 5.88. The number of aromatic nitrogens is 2. The summed E-state index contributed by atoms with van der Waals surface area (Å²) in [5.41, 5.74) is 11.1. The molecule has 0 saturated carbocycles. The van der Waals surface area contributed by atoms with E-state index in [1.165, 1.54) is 16.7 Å². The average molecular weight is 229 g/mol. The van der Waals surface area contributed by atoms with Gasteiger partial charge >= 0.3 is 0 Å². The quantitative estimate of drug-likeness (QED) is 0.877. The van der Waals surface area contributed by atoms with Crippen molar-refractivity contribution in [1.82, 2.24) is 9.78 Å². The first kappa shape index (κ1) is 11.9. The Morgan fingerprint density at radius 3 is 2.71 bits per heavy atom. The summed E-state index contributed by atoms with van der Waals surface area (Å²) in [5.74, 6) is 0. The van der Waals surface area contributed by atoms with Gasteiger partial charge in [-0.25, -0.2) is 0 Å². The monoisotopic (exact) mass is 229 g/mol. The molecule has 0 aliphatic heterocycles. The maximum atomic E-state index is 6.26. The molecule has 0 spiro atoms. The highest BCUT2D eigenvalue weighted by Gasteiger charge is 2.12. The van der Waals surface area contributed by atoms with Gasteiger partial charge in [0, 0.05) is 25.7 Å². The molecule has 2 N–H and O–H groups in total. The van der Waals surface area contributed by atoms with Crippen LogP contribution in [0.25, 0.3) is 0 Å². The van der Waals surface area contributed by atoms with Crippen molar-refractivity contribution < 1.29 is 0 Å². The minimum atomic E-state index is 0.0183. The molecule has 17 heavy (non-hydrogen) atoms. The molecular formula is C14H19N3. The van der Waals surface area contributed by atoms with Gasteiger partial charge in [-0.15, -0.1) is 0 Å². The highest BCUT2D eigenvalue weighted by Crippen LogP contribution is 2.21. The fraction of sp³-hybridized carbons (Fsp3) is 0.357. The zero-order valence-electron chi connectivity index (χ0n) is 10.6. The van der Waals surface area contributed by atoms with Gasteiger partial charge in [-0.2, -0.15) is 5.10 Å². The molecule has 3 heteroatoms. The number of hydrogen-bond acceptors (Lipinski definition) is 2. The zero-order chi connectivity index (χ0) is 12.4. The minimum absolute atomic E-state index is 0.0183. The lowest BCUT2D eigenvalue weighted by atomic mass is 9.95. The van der Waals surface area contributed by atoms with Crippen molar-refractivity contribution in [3.8, 4) is 0 Å². The highest BCUT2D eigenvalue weighted by molar-refractivity contribution is 5.35. The molecule has 1 aromatic carbocycles. The SMILES string of the molecule is Cc1cccc(C(N)Cc2ccn(C)n2)c1C. The summed E-state index contributed by atoms with van der Waals surface area (Å²) in [6.07, 6.45) is 2.73. The van der Waals surface area contributed by atoms with Crippen LogP contribution in [-0.4, -0.2) is 9.78 Å². The van der Waals surface area contributed by atoms with Crippen molar-refractivity contribution in [2.24, 2.45) is 12.8 Å². The van der Waals surface area contributed by atoms with Crippen LogP contribution in [0.1, 0.15) is 28.4 Å². The summed E-state index contributed by atoms with van der Waals surface area (Å²) in [4.78, 5) is 0. The van der Waals surface area contributed by atoms with E-state index in [9.17, 15) is 0 Å². The molecule has 0 radical (unpaired) electrons. The van der Waals surface area contributed by atoms with Crippen LogP contribution in [-0.2, 0) is 13.5 Å². The van der Waals surface area contributed by atoms with E-state index in [2.05, 4.69) is 37.1 Å². The molecule has 1 unspecified atom stereocenters. The summed E-state index contributed by atoms with van der Waals surface area (Å²) in [5, 5.41) is 4.36. The number of benzene rings is 1. The maximum Gasteiger partial charge on any atom is 0.0643 e. The largest absolute Gasteiger partial charge is 0.324 e. The van der Waals surface area contributed by atoms with Crippen LogP contribution in [0.4, 0.5) is 0 Å². The van der Waals surface area contributed by atoms with Gasteiger partial charge in [-0.3, -0.25) is 4.68 Å². The van der Waals surface area contributed by atoms with E-state index in [1.54, 1.807) is 0 Å². The third-order valence-corrected chi connectivity index (χ3v) is 3.24. The third kappa shape index (κ3) is 2.56. The summed E-state index contributed by atoms with van der Waals surface area (Å²) < 4.78 is 1.81. The molecule has 1 heterocycles. The van der Waals surface area contributed by atoms with Crippen LogP contribution in [0.2, 0.25) is 0 Å². The Hall–Kier alpha value is -1.61. The van der Waals surface area contributed by atoms with Crippen LogP contribution in [0.5, 0.6) is 0 Å². The summed E-state index contributed by atoms with van der Waals surface area (Å²) in [7, 11) is 1.92. The molecule has 0 bridgehead atoms. The maximum absolute atomic E-state index is 6.26. The lowest BCUT2D eigenvalue weighted by Gasteiger charge is -2.15. The third-order valence-electron chi connectivity index (χ3n) is 3.24. The smallest absolute Gasteiger partial charge is 0.0643 e. The number of nitrogens with zero attached hydrogens (tertiary/aromatic N) is 2. The molecule has 0 aliphatic rings. The Morgan fingerprint density at radius 2 is 2.06 bits per heavy atom. The van der Waals surface area contributed by atoms with Gasteiger partial charge in [0.25, 0.3) is 0 Å². The van der Waals surface area contributed by atoms with E-state index < -0.39 is 0 Å². The Morgan fingerprint density at radius 1 is 1.29 bits per heavy atom. The van der Waals surface area contributed by atoms with Crippen molar-refractivity contribution in [1.29, 1.82) is 0 Å². The predicted octanol–water partition coefficient (Wildman–Crippen LogP) is 2.28.